The fourth-order valence-electron chi connectivity index (χ4n) is 3.51. The van der Waals surface area contributed by atoms with E-state index in [0.717, 1.165) is 21.8 Å². The monoisotopic (exact) mass is 531 g/mol. The molecule has 37 heavy (non-hydrogen) atoms. The van der Waals surface area contributed by atoms with Crippen LogP contribution < -0.4 is 4.74 Å². The van der Waals surface area contributed by atoms with E-state index in [1.54, 1.807) is 43.1 Å². The molecule has 0 radical (unpaired) electrons. The smallest absolute Gasteiger partial charge is 0.294 e. The Morgan fingerprint density at radius 3 is 2.78 bits per heavy atom. The summed E-state index contributed by atoms with van der Waals surface area (Å²) in [6.07, 6.45) is 5.26. The third kappa shape index (κ3) is 5.17. The first-order valence-electron chi connectivity index (χ1n) is 11.1. The molecule has 0 N–H and O–H groups in total. The summed E-state index contributed by atoms with van der Waals surface area (Å²) in [6.45, 7) is 4.50. The molecule has 0 aliphatic rings. The van der Waals surface area contributed by atoms with Crippen LogP contribution in [-0.2, 0) is 16.1 Å². The molecule has 0 aliphatic heterocycles. The van der Waals surface area contributed by atoms with Gasteiger partial charge in [-0.15, -0.1) is 16.4 Å². The van der Waals surface area contributed by atoms with Gasteiger partial charge in [-0.25, -0.2) is 14.5 Å². The van der Waals surface area contributed by atoms with Crippen LogP contribution in [0.4, 0.5) is 0 Å². The Morgan fingerprint density at radius 1 is 1.24 bits per heavy atom. The number of nitriles is 1. The summed E-state index contributed by atoms with van der Waals surface area (Å²) >= 11 is 2.86. The Balaban J connectivity index is 1.38. The second-order valence-electron chi connectivity index (χ2n) is 7.66. The first-order valence-corrected chi connectivity index (χ1v) is 12.8. The van der Waals surface area contributed by atoms with Gasteiger partial charge in [-0.3, -0.25) is 0 Å². The third-order valence-corrected chi connectivity index (χ3v) is 7.11. The van der Waals surface area contributed by atoms with Gasteiger partial charge in [0.2, 0.25) is 4.96 Å². The minimum atomic E-state index is 0.253. The largest absolute Gasteiger partial charge is 0.487 e. The Bertz CT molecular complexity index is 1590. The molecule has 0 aliphatic carbocycles. The molecule has 0 fully saturated rings. The Morgan fingerprint density at radius 2 is 2.08 bits per heavy atom. The molecular formula is C26H21N5O4S2. The zero-order valence-corrected chi connectivity index (χ0v) is 21.6. The fourth-order valence-corrected chi connectivity index (χ4v) is 5.02. The summed E-state index contributed by atoms with van der Waals surface area (Å²) < 4.78 is 24.3. The fraction of sp³-hybridized carbons (Fsp3) is 0.154. The average molecular weight is 532 g/mol. The maximum absolute atomic E-state index is 9.01. The number of imidazole rings is 1. The molecule has 4 aromatic heterocycles. The SMILES string of the molecule is C=Cc1oc(-c2cn3nc(OC)sc3n2)cc1/C(=C\COC)OCc1csc(-c2ccc(C#N)cc2)n1. The van der Waals surface area contributed by atoms with Crippen LogP contribution in [0.3, 0.4) is 0 Å². The number of methoxy groups -OCH3 is 2. The van der Waals surface area contributed by atoms with E-state index < -0.39 is 0 Å². The predicted octanol–water partition coefficient (Wildman–Crippen LogP) is 5.90. The zero-order valence-electron chi connectivity index (χ0n) is 20.0. The van der Waals surface area contributed by atoms with Crippen molar-refractivity contribution in [2.24, 2.45) is 0 Å². The number of furan rings is 1. The van der Waals surface area contributed by atoms with Crippen molar-refractivity contribution in [1.29, 1.82) is 5.26 Å². The maximum Gasteiger partial charge on any atom is 0.294 e. The predicted molar refractivity (Wildman–Crippen MR) is 142 cm³/mol. The lowest BCUT2D eigenvalue weighted by molar-refractivity contribution is 0.224. The lowest BCUT2D eigenvalue weighted by Gasteiger charge is -2.09. The van der Waals surface area contributed by atoms with Crippen molar-refractivity contribution >= 4 is 39.5 Å². The van der Waals surface area contributed by atoms with E-state index in [-0.39, 0.29) is 6.61 Å². The summed E-state index contributed by atoms with van der Waals surface area (Å²) in [4.78, 5) is 9.98. The van der Waals surface area contributed by atoms with Crippen molar-refractivity contribution in [1.82, 2.24) is 19.6 Å². The zero-order chi connectivity index (χ0) is 25.8. The van der Waals surface area contributed by atoms with Crippen LogP contribution in [0.5, 0.6) is 5.19 Å². The minimum Gasteiger partial charge on any atom is -0.487 e. The highest BCUT2D eigenvalue weighted by atomic mass is 32.1. The third-order valence-electron chi connectivity index (χ3n) is 5.29. The summed E-state index contributed by atoms with van der Waals surface area (Å²) in [6, 6.07) is 11.3. The first-order chi connectivity index (χ1) is 18.1. The molecule has 0 spiro atoms. The minimum absolute atomic E-state index is 0.253. The number of ether oxygens (including phenoxy) is 3. The van der Waals surface area contributed by atoms with Gasteiger partial charge in [0.05, 0.1) is 42.8 Å². The summed E-state index contributed by atoms with van der Waals surface area (Å²) in [7, 11) is 3.19. The van der Waals surface area contributed by atoms with Gasteiger partial charge in [-0.2, -0.15) is 5.26 Å². The number of hydrogen-bond acceptors (Lipinski definition) is 10. The van der Waals surface area contributed by atoms with E-state index in [9.17, 15) is 0 Å². The van der Waals surface area contributed by atoms with Gasteiger partial charge in [-0.05, 0) is 41.7 Å². The van der Waals surface area contributed by atoms with Gasteiger partial charge >= 0.3 is 0 Å². The quantitative estimate of drug-likeness (QED) is 0.205. The van der Waals surface area contributed by atoms with E-state index in [4.69, 9.17) is 23.9 Å². The molecule has 1 aromatic carbocycles. The van der Waals surface area contributed by atoms with Crippen molar-refractivity contribution in [2.75, 3.05) is 20.8 Å². The van der Waals surface area contributed by atoms with Crippen LogP contribution in [0, 0.1) is 11.3 Å². The Kier molecular flexibility index (Phi) is 7.14. The highest BCUT2D eigenvalue weighted by Crippen LogP contribution is 2.33. The second-order valence-corrected chi connectivity index (χ2v) is 9.44. The molecule has 0 atom stereocenters. The van der Waals surface area contributed by atoms with Gasteiger partial charge in [-0.1, -0.05) is 18.7 Å². The average Bonchev–Trinajstić information content (AvgIpc) is 3.71. The van der Waals surface area contributed by atoms with Crippen molar-refractivity contribution in [3.63, 3.8) is 0 Å². The molecular weight excluding hydrogens is 510 g/mol. The summed E-state index contributed by atoms with van der Waals surface area (Å²) in [5.41, 5.74) is 3.71. The van der Waals surface area contributed by atoms with Gasteiger partial charge < -0.3 is 18.6 Å². The molecule has 11 heteroatoms. The molecule has 0 bridgehead atoms. The van der Waals surface area contributed by atoms with Crippen molar-refractivity contribution < 1.29 is 18.6 Å². The number of rotatable bonds is 10. The molecule has 0 unspecified atom stereocenters. The van der Waals surface area contributed by atoms with Crippen molar-refractivity contribution in [2.45, 2.75) is 6.61 Å². The summed E-state index contributed by atoms with van der Waals surface area (Å²) in [5, 5.41) is 16.7. The highest BCUT2D eigenvalue weighted by Gasteiger charge is 2.19. The van der Waals surface area contributed by atoms with Crippen molar-refractivity contribution in [3.8, 4) is 33.3 Å². The van der Waals surface area contributed by atoms with Gasteiger partial charge in [0.15, 0.2) is 5.76 Å². The van der Waals surface area contributed by atoms with Gasteiger partial charge in [0.1, 0.15) is 28.8 Å². The molecule has 0 saturated heterocycles. The Hall–Kier alpha value is -4.24. The van der Waals surface area contributed by atoms with Crippen molar-refractivity contribution in [3.05, 3.63) is 77.1 Å². The van der Waals surface area contributed by atoms with E-state index >= 15 is 0 Å². The van der Waals surface area contributed by atoms with E-state index in [2.05, 4.69) is 27.7 Å². The van der Waals surface area contributed by atoms with E-state index in [0.29, 0.717) is 45.3 Å². The number of thiazole rings is 1. The number of aromatic nitrogens is 4. The molecule has 4 heterocycles. The number of hydrogen-bond donors (Lipinski definition) is 0. The van der Waals surface area contributed by atoms with E-state index in [1.807, 2.05) is 29.7 Å². The number of nitrogens with zero attached hydrogens (tertiary/aromatic N) is 5. The van der Waals surface area contributed by atoms with Gasteiger partial charge in [0, 0.05) is 18.1 Å². The topological polar surface area (TPSA) is 108 Å². The molecule has 9 nitrogen and oxygen atoms in total. The van der Waals surface area contributed by atoms with E-state index in [1.165, 1.54) is 22.7 Å². The molecule has 0 saturated carbocycles. The Labute approximate surface area is 220 Å². The molecule has 5 rings (SSSR count). The number of benzene rings is 1. The summed E-state index contributed by atoms with van der Waals surface area (Å²) in [5.74, 6) is 1.70. The molecule has 186 valence electrons. The molecule has 0 amide bonds. The first kappa shape index (κ1) is 24.5. The number of fused-ring (bicyclic) bond motifs is 1. The van der Waals surface area contributed by atoms with Crippen LogP contribution in [0.1, 0.15) is 22.6 Å². The van der Waals surface area contributed by atoms with Crippen LogP contribution in [0.2, 0.25) is 0 Å². The normalized spacial score (nSPS) is 11.5. The van der Waals surface area contributed by atoms with Crippen LogP contribution >= 0.6 is 22.7 Å². The van der Waals surface area contributed by atoms with Gasteiger partial charge in [0.25, 0.3) is 5.19 Å². The maximum atomic E-state index is 9.01. The molecule has 5 aromatic rings. The van der Waals surface area contributed by atoms with Crippen LogP contribution in [-0.4, -0.2) is 40.4 Å². The second kappa shape index (κ2) is 10.8. The lowest BCUT2D eigenvalue weighted by Crippen LogP contribution is -1.97. The lowest BCUT2D eigenvalue weighted by atomic mass is 10.1. The highest BCUT2D eigenvalue weighted by molar-refractivity contribution is 7.18. The standard InChI is InChI=1S/C26H21N5O4S2/c1-4-21-19(11-23(35-21)20-13-31-25(29-20)37-26(30-31)33-3)22(9-10-32-2)34-14-18-15-36-24(28-18)17-7-5-16(12-27)6-8-17/h4-9,11,13,15H,1,10,14H2,2-3H3/b22-9+. The van der Waals surface area contributed by atoms with Crippen LogP contribution in [0.15, 0.2) is 59.0 Å². The van der Waals surface area contributed by atoms with Crippen LogP contribution in [0.25, 0.3) is 38.8 Å².